The molecule has 0 N–H and O–H groups in total. The third kappa shape index (κ3) is 7.58. The zero-order valence-corrected chi connectivity index (χ0v) is 21.9. The number of hydrogen-bond donors (Lipinski definition) is 0. The maximum atomic E-state index is 12.9. The lowest BCUT2D eigenvalue weighted by Crippen LogP contribution is -2.42. The zero-order valence-electron chi connectivity index (χ0n) is 21.0. The summed E-state index contributed by atoms with van der Waals surface area (Å²) in [6.07, 6.45) is 3.79. The Balaban J connectivity index is 1.51. The second-order valence-electron chi connectivity index (χ2n) is 10.7. The number of aromatic nitrogens is 2. The Bertz CT molecular complexity index is 917. The molecule has 0 radical (unpaired) electrons. The minimum atomic E-state index is -0.538. The van der Waals surface area contributed by atoms with Crippen LogP contribution >= 0.6 is 11.8 Å². The fourth-order valence-corrected chi connectivity index (χ4v) is 4.82. The summed E-state index contributed by atoms with van der Waals surface area (Å²) in [4.78, 5) is 49.6. The maximum Gasteiger partial charge on any atom is 0.410 e. The van der Waals surface area contributed by atoms with Crippen molar-refractivity contribution in [2.24, 2.45) is 0 Å². The SMILES string of the molecule is CC(C)(C)OC(=O)CCN1CCc2nc(SC3CCN(C(=O)OC(C)(C)C)CC3)ncc2C1=O. The molecule has 188 valence electrons. The van der Waals surface area contributed by atoms with Gasteiger partial charge in [-0.3, -0.25) is 9.59 Å². The highest BCUT2D eigenvalue weighted by atomic mass is 32.2. The molecule has 1 saturated heterocycles. The number of thioether (sulfide) groups is 1. The van der Waals surface area contributed by atoms with Crippen LogP contribution < -0.4 is 0 Å². The third-order valence-corrected chi connectivity index (χ3v) is 6.57. The first-order valence-corrected chi connectivity index (χ1v) is 12.7. The molecule has 3 heterocycles. The van der Waals surface area contributed by atoms with E-state index in [1.54, 1.807) is 27.8 Å². The van der Waals surface area contributed by atoms with Crippen LogP contribution in [0.1, 0.15) is 76.9 Å². The molecule has 0 unspecified atom stereocenters. The number of likely N-dealkylation sites (tertiary alicyclic amines) is 1. The normalized spacial score (nSPS) is 17.4. The van der Waals surface area contributed by atoms with Crippen LogP contribution in [0.15, 0.2) is 11.4 Å². The van der Waals surface area contributed by atoms with E-state index in [0.29, 0.717) is 48.6 Å². The van der Waals surface area contributed by atoms with Crippen LogP contribution in [0.4, 0.5) is 4.79 Å². The van der Waals surface area contributed by atoms with Crippen molar-refractivity contribution in [1.82, 2.24) is 19.8 Å². The Morgan fingerprint density at radius 2 is 1.71 bits per heavy atom. The first-order chi connectivity index (χ1) is 15.8. The van der Waals surface area contributed by atoms with E-state index in [-0.39, 0.29) is 24.4 Å². The number of piperidine rings is 1. The monoisotopic (exact) mass is 492 g/mol. The highest BCUT2D eigenvalue weighted by Crippen LogP contribution is 2.30. The van der Waals surface area contributed by atoms with Crippen molar-refractivity contribution < 1.29 is 23.9 Å². The van der Waals surface area contributed by atoms with Gasteiger partial charge in [0.1, 0.15) is 11.2 Å². The van der Waals surface area contributed by atoms with Gasteiger partial charge >= 0.3 is 12.1 Å². The lowest BCUT2D eigenvalue weighted by Gasteiger charge is -2.33. The van der Waals surface area contributed by atoms with Crippen molar-refractivity contribution in [1.29, 1.82) is 0 Å². The molecule has 0 aliphatic carbocycles. The van der Waals surface area contributed by atoms with Crippen molar-refractivity contribution in [3.8, 4) is 0 Å². The Hall–Kier alpha value is -2.36. The second kappa shape index (κ2) is 10.5. The van der Waals surface area contributed by atoms with E-state index >= 15 is 0 Å². The van der Waals surface area contributed by atoms with Crippen molar-refractivity contribution in [2.75, 3.05) is 26.2 Å². The molecular formula is C24H36N4O5S. The van der Waals surface area contributed by atoms with Gasteiger partial charge in [-0.1, -0.05) is 11.8 Å². The Kier molecular flexibility index (Phi) is 8.10. The van der Waals surface area contributed by atoms with Crippen LogP contribution in [0.25, 0.3) is 0 Å². The molecule has 0 atom stereocenters. The number of fused-ring (bicyclic) bond motifs is 1. The minimum absolute atomic E-state index is 0.146. The summed E-state index contributed by atoms with van der Waals surface area (Å²) in [6, 6.07) is 0. The van der Waals surface area contributed by atoms with E-state index in [1.165, 1.54) is 0 Å². The van der Waals surface area contributed by atoms with Crippen LogP contribution in [-0.2, 0) is 20.7 Å². The van der Waals surface area contributed by atoms with E-state index < -0.39 is 11.2 Å². The Morgan fingerprint density at radius 3 is 2.32 bits per heavy atom. The predicted octanol–water partition coefficient (Wildman–Crippen LogP) is 3.70. The van der Waals surface area contributed by atoms with Gasteiger partial charge in [0, 0.05) is 44.0 Å². The fourth-order valence-electron chi connectivity index (χ4n) is 3.80. The highest BCUT2D eigenvalue weighted by molar-refractivity contribution is 7.99. The van der Waals surface area contributed by atoms with Crippen LogP contribution in [0.5, 0.6) is 0 Å². The average Bonchev–Trinajstić information content (AvgIpc) is 2.71. The van der Waals surface area contributed by atoms with Gasteiger partial charge in [-0.05, 0) is 54.4 Å². The van der Waals surface area contributed by atoms with Gasteiger partial charge in [0.25, 0.3) is 5.91 Å². The molecule has 2 amide bonds. The molecular weight excluding hydrogens is 456 g/mol. The van der Waals surface area contributed by atoms with Gasteiger partial charge < -0.3 is 19.3 Å². The fraction of sp³-hybridized carbons (Fsp3) is 0.708. The summed E-state index contributed by atoms with van der Waals surface area (Å²) in [5, 5.41) is 0.964. The summed E-state index contributed by atoms with van der Waals surface area (Å²) in [5.74, 6) is -0.459. The molecule has 0 saturated carbocycles. The molecule has 34 heavy (non-hydrogen) atoms. The Labute approximate surface area is 206 Å². The smallest absolute Gasteiger partial charge is 0.410 e. The molecule has 0 bridgehead atoms. The highest BCUT2D eigenvalue weighted by Gasteiger charge is 2.30. The number of hydrogen-bond acceptors (Lipinski definition) is 8. The van der Waals surface area contributed by atoms with Crippen LogP contribution in [0.3, 0.4) is 0 Å². The lowest BCUT2D eigenvalue weighted by molar-refractivity contribution is -0.155. The average molecular weight is 493 g/mol. The van der Waals surface area contributed by atoms with Crippen LogP contribution in [0, 0.1) is 0 Å². The minimum Gasteiger partial charge on any atom is -0.460 e. The van der Waals surface area contributed by atoms with E-state index in [1.807, 2.05) is 41.5 Å². The first kappa shape index (κ1) is 26.2. The molecule has 2 aliphatic rings. The quantitative estimate of drug-likeness (QED) is 0.453. The van der Waals surface area contributed by atoms with Crippen molar-refractivity contribution >= 4 is 29.7 Å². The summed E-state index contributed by atoms with van der Waals surface area (Å²) < 4.78 is 10.8. The summed E-state index contributed by atoms with van der Waals surface area (Å²) in [7, 11) is 0. The zero-order chi connectivity index (χ0) is 25.1. The number of rotatable bonds is 5. The number of carbonyl (C=O) groups excluding carboxylic acids is 3. The van der Waals surface area contributed by atoms with Gasteiger partial charge in [0.15, 0.2) is 5.16 Å². The molecule has 1 aromatic rings. The van der Waals surface area contributed by atoms with Gasteiger partial charge in [-0.2, -0.15) is 0 Å². The molecule has 2 aliphatic heterocycles. The van der Waals surface area contributed by atoms with Gasteiger partial charge in [0.2, 0.25) is 0 Å². The molecule has 3 rings (SSSR count). The topological polar surface area (TPSA) is 102 Å². The number of nitrogens with zero attached hydrogens (tertiary/aromatic N) is 4. The summed E-state index contributed by atoms with van der Waals surface area (Å²) in [6.45, 7) is 13.2. The van der Waals surface area contributed by atoms with E-state index in [0.717, 1.165) is 18.5 Å². The molecule has 0 aromatic carbocycles. The van der Waals surface area contributed by atoms with E-state index in [2.05, 4.69) is 9.97 Å². The molecule has 10 heteroatoms. The van der Waals surface area contributed by atoms with Crippen LogP contribution in [-0.4, -0.2) is 80.4 Å². The molecule has 9 nitrogen and oxygen atoms in total. The lowest BCUT2D eigenvalue weighted by atomic mass is 10.1. The number of esters is 1. The van der Waals surface area contributed by atoms with Gasteiger partial charge in [-0.25, -0.2) is 14.8 Å². The van der Waals surface area contributed by atoms with E-state index in [4.69, 9.17) is 9.47 Å². The number of amides is 2. The summed E-state index contributed by atoms with van der Waals surface area (Å²) in [5.41, 5.74) is 0.216. The van der Waals surface area contributed by atoms with Gasteiger partial charge in [-0.15, -0.1) is 0 Å². The van der Waals surface area contributed by atoms with Crippen molar-refractivity contribution in [3.05, 3.63) is 17.5 Å². The summed E-state index contributed by atoms with van der Waals surface area (Å²) >= 11 is 1.60. The number of ether oxygens (including phenoxy) is 2. The Morgan fingerprint density at radius 1 is 1.06 bits per heavy atom. The van der Waals surface area contributed by atoms with Crippen molar-refractivity contribution in [2.45, 2.75) is 88.8 Å². The molecule has 1 fully saturated rings. The van der Waals surface area contributed by atoms with Gasteiger partial charge in [0.05, 0.1) is 17.7 Å². The standard InChI is InChI=1S/C24H36N4O5S/c1-23(2,3)32-19(29)10-14-27-13-9-18-17(20(27)30)15-25-21(26-18)34-16-7-11-28(12-8-16)22(31)33-24(4,5)6/h15-16H,7-14H2,1-6H3. The number of carbonyl (C=O) groups is 3. The van der Waals surface area contributed by atoms with Crippen molar-refractivity contribution in [3.63, 3.8) is 0 Å². The van der Waals surface area contributed by atoms with E-state index in [9.17, 15) is 14.4 Å². The molecule has 0 spiro atoms. The second-order valence-corrected chi connectivity index (χ2v) is 11.9. The predicted molar refractivity (Wildman–Crippen MR) is 129 cm³/mol. The van der Waals surface area contributed by atoms with Crippen LogP contribution in [0.2, 0.25) is 0 Å². The maximum absolute atomic E-state index is 12.9. The first-order valence-electron chi connectivity index (χ1n) is 11.8. The molecule has 1 aromatic heterocycles. The largest absolute Gasteiger partial charge is 0.460 e. The third-order valence-electron chi connectivity index (χ3n) is 5.35.